The Bertz CT molecular complexity index is 212. The van der Waals surface area contributed by atoms with Crippen LogP contribution in [0.15, 0.2) is 0 Å². The summed E-state index contributed by atoms with van der Waals surface area (Å²) in [5.74, 6) is -0.0319. The van der Waals surface area contributed by atoms with E-state index in [1.54, 1.807) is 11.8 Å². The number of alkyl carbamates (subject to hydrolysis) is 1. The van der Waals surface area contributed by atoms with E-state index in [-0.39, 0.29) is 12.5 Å². The second-order valence-corrected chi connectivity index (χ2v) is 3.16. The zero-order chi connectivity index (χ0) is 10.4. The molecule has 80 valence electrons. The zero-order valence-corrected chi connectivity index (χ0v) is 8.41. The Balaban J connectivity index is 2.17. The molecule has 0 aliphatic carbocycles. The third-order valence-electron chi connectivity index (χ3n) is 2.12. The fourth-order valence-electron chi connectivity index (χ4n) is 1.41. The smallest absolute Gasteiger partial charge is 0.407 e. The maximum absolute atomic E-state index is 11.4. The number of amides is 2. The van der Waals surface area contributed by atoms with Crippen LogP contribution in [0.2, 0.25) is 0 Å². The summed E-state index contributed by atoms with van der Waals surface area (Å²) in [4.78, 5) is 24.0. The Morgan fingerprint density at radius 2 is 2.00 bits per heavy atom. The molecule has 1 rings (SSSR count). The number of hydrogen-bond donors (Lipinski definition) is 1. The first-order valence-electron chi connectivity index (χ1n) is 4.92. The van der Waals surface area contributed by atoms with Crippen LogP contribution in [0.5, 0.6) is 0 Å². The van der Waals surface area contributed by atoms with E-state index < -0.39 is 6.09 Å². The highest BCUT2D eigenvalue weighted by molar-refractivity contribution is 5.82. The van der Waals surface area contributed by atoms with Gasteiger partial charge in [-0.1, -0.05) is 0 Å². The lowest BCUT2D eigenvalue weighted by molar-refractivity contribution is -0.129. The van der Waals surface area contributed by atoms with Gasteiger partial charge in [-0.25, -0.2) is 4.79 Å². The Labute approximate surface area is 83.4 Å². The summed E-state index contributed by atoms with van der Waals surface area (Å²) in [5, 5.41) is 2.41. The fourth-order valence-corrected chi connectivity index (χ4v) is 1.41. The Kier molecular flexibility index (Phi) is 4.22. The third-order valence-corrected chi connectivity index (χ3v) is 2.12. The van der Waals surface area contributed by atoms with Crippen molar-refractivity contribution in [3.63, 3.8) is 0 Å². The molecule has 1 fully saturated rings. The highest BCUT2D eigenvalue weighted by Crippen LogP contribution is 2.06. The number of nitrogens with zero attached hydrogens (tertiary/aromatic N) is 1. The number of carbonyl (C=O) groups is 2. The zero-order valence-electron chi connectivity index (χ0n) is 8.41. The molecule has 1 aliphatic rings. The van der Waals surface area contributed by atoms with Crippen LogP contribution < -0.4 is 5.32 Å². The van der Waals surface area contributed by atoms with Gasteiger partial charge in [-0.15, -0.1) is 0 Å². The minimum absolute atomic E-state index is 0.0319. The van der Waals surface area contributed by atoms with Crippen LogP contribution in [0, 0.1) is 0 Å². The number of hydrogen-bond acceptors (Lipinski definition) is 3. The first-order chi connectivity index (χ1) is 6.74. The monoisotopic (exact) mass is 200 g/mol. The molecule has 0 saturated carbocycles. The molecule has 0 bridgehead atoms. The largest absolute Gasteiger partial charge is 0.450 e. The average molecular weight is 200 g/mol. The fraction of sp³-hybridized carbons (Fsp3) is 0.778. The van der Waals surface area contributed by atoms with Gasteiger partial charge in [-0.3, -0.25) is 4.79 Å². The third kappa shape index (κ3) is 3.24. The van der Waals surface area contributed by atoms with Crippen LogP contribution in [0.4, 0.5) is 4.79 Å². The predicted octanol–water partition coefficient (Wildman–Crippen LogP) is 0.355. The molecule has 2 amide bonds. The molecule has 1 saturated heterocycles. The molecule has 0 unspecified atom stereocenters. The summed E-state index contributed by atoms with van der Waals surface area (Å²) in [5.41, 5.74) is 0. The number of ether oxygens (including phenoxy) is 1. The molecule has 0 aromatic heterocycles. The van der Waals surface area contributed by atoms with E-state index in [9.17, 15) is 9.59 Å². The highest BCUT2D eigenvalue weighted by Gasteiger charge is 2.17. The summed E-state index contributed by atoms with van der Waals surface area (Å²) in [6.45, 7) is 3.71. The van der Waals surface area contributed by atoms with Gasteiger partial charge in [0.05, 0.1) is 6.61 Å². The van der Waals surface area contributed by atoms with Crippen molar-refractivity contribution < 1.29 is 14.3 Å². The molecular formula is C9H16N2O3. The van der Waals surface area contributed by atoms with Gasteiger partial charge < -0.3 is 15.0 Å². The standard InChI is InChI=1S/C9H16N2O3/c1-2-14-9(13)10-7-8(12)11-5-3-4-6-11/h2-7H2,1H3,(H,10,13). The van der Waals surface area contributed by atoms with E-state index >= 15 is 0 Å². The van der Waals surface area contributed by atoms with Crippen molar-refractivity contribution in [3.8, 4) is 0 Å². The Morgan fingerprint density at radius 1 is 1.36 bits per heavy atom. The molecule has 14 heavy (non-hydrogen) atoms. The highest BCUT2D eigenvalue weighted by atomic mass is 16.5. The number of rotatable bonds is 3. The molecule has 1 aliphatic heterocycles. The lowest BCUT2D eigenvalue weighted by Gasteiger charge is -2.15. The van der Waals surface area contributed by atoms with Crippen LogP contribution in [0.1, 0.15) is 19.8 Å². The summed E-state index contributed by atoms with van der Waals surface area (Å²) in [7, 11) is 0. The number of carbonyl (C=O) groups excluding carboxylic acids is 2. The van der Waals surface area contributed by atoms with Gasteiger partial charge in [-0.05, 0) is 19.8 Å². The number of nitrogens with one attached hydrogen (secondary N) is 1. The summed E-state index contributed by atoms with van der Waals surface area (Å²) >= 11 is 0. The molecule has 0 spiro atoms. The van der Waals surface area contributed by atoms with Gasteiger partial charge in [0.25, 0.3) is 0 Å². The lowest BCUT2D eigenvalue weighted by Crippen LogP contribution is -2.38. The summed E-state index contributed by atoms with van der Waals surface area (Å²) in [6.07, 6.45) is 1.59. The van der Waals surface area contributed by atoms with Crippen LogP contribution in [-0.4, -0.2) is 43.1 Å². The number of likely N-dealkylation sites (tertiary alicyclic amines) is 1. The van der Waals surface area contributed by atoms with Gasteiger partial charge in [-0.2, -0.15) is 0 Å². The van der Waals surface area contributed by atoms with Crippen molar-refractivity contribution in [1.29, 1.82) is 0 Å². The molecular weight excluding hydrogens is 184 g/mol. The Morgan fingerprint density at radius 3 is 2.57 bits per heavy atom. The van der Waals surface area contributed by atoms with Gasteiger partial charge in [0.2, 0.25) is 5.91 Å². The van der Waals surface area contributed by atoms with Crippen molar-refractivity contribution in [3.05, 3.63) is 0 Å². The molecule has 1 heterocycles. The van der Waals surface area contributed by atoms with Crippen molar-refractivity contribution >= 4 is 12.0 Å². The van der Waals surface area contributed by atoms with E-state index in [0.717, 1.165) is 25.9 Å². The Hall–Kier alpha value is -1.26. The predicted molar refractivity (Wildman–Crippen MR) is 50.8 cm³/mol. The van der Waals surface area contributed by atoms with E-state index in [1.165, 1.54) is 0 Å². The maximum atomic E-state index is 11.4. The SMILES string of the molecule is CCOC(=O)NCC(=O)N1CCCC1. The molecule has 0 radical (unpaired) electrons. The second kappa shape index (κ2) is 5.47. The van der Waals surface area contributed by atoms with Gasteiger partial charge >= 0.3 is 6.09 Å². The van der Waals surface area contributed by atoms with Crippen molar-refractivity contribution in [2.75, 3.05) is 26.2 Å². The minimum atomic E-state index is -0.528. The summed E-state index contributed by atoms with van der Waals surface area (Å²) in [6, 6.07) is 0. The van der Waals surface area contributed by atoms with E-state index in [1.807, 2.05) is 0 Å². The molecule has 5 heteroatoms. The van der Waals surface area contributed by atoms with E-state index in [2.05, 4.69) is 10.1 Å². The van der Waals surface area contributed by atoms with Crippen LogP contribution >= 0.6 is 0 Å². The molecule has 1 N–H and O–H groups in total. The molecule has 0 aromatic carbocycles. The van der Waals surface area contributed by atoms with Crippen molar-refractivity contribution in [2.24, 2.45) is 0 Å². The van der Waals surface area contributed by atoms with Gasteiger partial charge in [0, 0.05) is 13.1 Å². The van der Waals surface area contributed by atoms with E-state index in [4.69, 9.17) is 0 Å². The topological polar surface area (TPSA) is 58.6 Å². The maximum Gasteiger partial charge on any atom is 0.407 e. The summed E-state index contributed by atoms with van der Waals surface area (Å²) < 4.78 is 4.63. The van der Waals surface area contributed by atoms with Gasteiger partial charge in [0.1, 0.15) is 6.54 Å². The molecule has 0 atom stereocenters. The van der Waals surface area contributed by atoms with Crippen LogP contribution in [0.3, 0.4) is 0 Å². The van der Waals surface area contributed by atoms with E-state index in [0.29, 0.717) is 6.61 Å². The van der Waals surface area contributed by atoms with Crippen molar-refractivity contribution in [1.82, 2.24) is 10.2 Å². The second-order valence-electron chi connectivity index (χ2n) is 3.16. The molecule has 0 aromatic rings. The molecule has 5 nitrogen and oxygen atoms in total. The van der Waals surface area contributed by atoms with Gasteiger partial charge in [0.15, 0.2) is 0 Å². The minimum Gasteiger partial charge on any atom is -0.450 e. The quantitative estimate of drug-likeness (QED) is 0.715. The normalized spacial score (nSPS) is 15.4. The first kappa shape index (κ1) is 10.8. The lowest BCUT2D eigenvalue weighted by atomic mass is 10.4. The van der Waals surface area contributed by atoms with Crippen LogP contribution in [-0.2, 0) is 9.53 Å². The average Bonchev–Trinajstić information content (AvgIpc) is 2.67. The van der Waals surface area contributed by atoms with Crippen molar-refractivity contribution in [2.45, 2.75) is 19.8 Å². The van der Waals surface area contributed by atoms with Crippen LogP contribution in [0.25, 0.3) is 0 Å². The first-order valence-corrected chi connectivity index (χ1v) is 4.92.